The summed E-state index contributed by atoms with van der Waals surface area (Å²) < 4.78 is 3.73. The van der Waals surface area contributed by atoms with Crippen LogP contribution in [-0.2, 0) is 11.3 Å². The number of amides is 1. The molecule has 0 aliphatic carbocycles. The molecule has 2 aromatic carbocycles. The average Bonchev–Trinajstić information content (AvgIpc) is 3.30. The molecule has 1 aromatic heterocycles. The number of thiazole rings is 1. The zero-order valence-electron chi connectivity index (χ0n) is 24.6. The minimum atomic E-state index is 0.0166. The molecular weight excluding hydrogens is 496 g/mol. The number of aryl methyl sites for hydroxylation is 1. The molecule has 0 spiro atoms. The highest BCUT2D eigenvalue weighted by molar-refractivity contribution is 7.18. The Hall–Kier alpha value is -2.46. The number of benzene rings is 2. The van der Waals surface area contributed by atoms with Gasteiger partial charge >= 0.3 is 0 Å². The fourth-order valence-corrected chi connectivity index (χ4v) is 6.41. The van der Waals surface area contributed by atoms with E-state index >= 15 is 0 Å². The zero-order chi connectivity index (χ0) is 27.5. The molecule has 3 aromatic rings. The SMILES string of the molecule is CCCCCCCCCCCCCCCCCC[n+]1c(C=CN(C(C)=O)c2ccccc2)sc2ccccc21. The predicted molar refractivity (Wildman–Crippen MR) is 170 cm³/mol. The van der Waals surface area contributed by atoms with Crippen molar-refractivity contribution in [1.82, 2.24) is 0 Å². The van der Waals surface area contributed by atoms with E-state index in [4.69, 9.17) is 0 Å². The van der Waals surface area contributed by atoms with E-state index in [1.165, 1.54) is 118 Å². The summed E-state index contributed by atoms with van der Waals surface area (Å²) in [5.41, 5.74) is 2.18. The van der Waals surface area contributed by atoms with Crippen LogP contribution in [0.25, 0.3) is 16.3 Å². The van der Waals surface area contributed by atoms with Gasteiger partial charge in [-0.1, -0.05) is 138 Å². The summed E-state index contributed by atoms with van der Waals surface area (Å²) >= 11 is 1.80. The molecular formula is C35H51N2OS+. The number of carbonyl (C=O) groups is 1. The molecule has 3 nitrogen and oxygen atoms in total. The molecule has 0 radical (unpaired) electrons. The van der Waals surface area contributed by atoms with Crippen molar-refractivity contribution >= 4 is 39.2 Å². The molecule has 0 aliphatic rings. The van der Waals surface area contributed by atoms with Crippen LogP contribution in [0.4, 0.5) is 5.69 Å². The Kier molecular flexibility index (Phi) is 14.9. The van der Waals surface area contributed by atoms with E-state index in [-0.39, 0.29) is 5.91 Å². The number of anilines is 1. The van der Waals surface area contributed by atoms with Crippen molar-refractivity contribution in [1.29, 1.82) is 0 Å². The van der Waals surface area contributed by atoms with E-state index in [0.29, 0.717) is 0 Å². The Balaban J connectivity index is 1.37. The maximum Gasteiger partial charge on any atom is 0.264 e. The lowest BCUT2D eigenvalue weighted by atomic mass is 10.0. The van der Waals surface area contributed by atoms with Gasteiger partial charge in [0.15, 0.2) is 6.54 Å². The van der Waals surface area contributed by atoms with E-state index in [1.54, 1.807) is 23.2 Å². The first-order valence-electron chi connectivity index (χ1n) is 15.6. The van der Waals surface area contributed by atoms with Gasteiger partial charge in [0.2, 0.25) is 11.4 Å². The Labute approximate surface area is 242 Å². The first kappa shape index (κ1) is 31.1. The second-order valence-electron chi connectivity index (χ2n) is 10.9. The van der Waals surface area contributed by atoms with Gasteiger partial charge in [-0.15, -0.1) is 0 Å². The summed E-state index contributed by atoms with van der Waals surface area (Å²) in [7, 11) is 0. The van der Waals surface area contributed by atoms with Crippen molar-refractivity contribution in [2.45, 2.75) is 123 Å². The molecule has 3 rings (SSSR count). The molecule has 0 fully saturated rings. The minimum Gasteiger partial charge on any atom is -0.288 e. The van der Waals surface area contributed by atoms with Crippen LogP contribution >= 0.6 is 11.3 Å². The highest BCUT2D eigenvalue weighted by atomic mass is 32.1. The van der Waals surface area contributed by atoms with Crippen LogP contribution in [-0.4, -0.2) is 5.91 Å². The Morgan fingerprint density at radius 1 is 0.718 bits per heavy atom. The smallest absolute Gasteiger partial charge is 0.264 e. The van der Waals surface area contributed by atoms with E-state index < -0.39 is 0 Å². The van der Waals surface area contributed by atoms with E-state index in [9.17, 15) is 4.79 Å². The Morgan fingerprint density at radius 2 is 1.23 bits per heavy atom. The fraction of sp³-hybridized carbons (Fsp3) is 0.543. The van der Waals surface area contributed by atoms with Crippen LogP contribution < -0.4 is 9.47 Å². The zero-order valence-corrected chi connectivity index (χ0v) is 25.4. The third-order valence-corrected chi connectivity index (χ3v) is 8.74. The van der Waals surface area contributed by atoms with E-state index in [1.807, 2.05) is 36.5 Å². The number of nitrogens with zero attached hydrogens (tertiary/aromatic N) is 2. The summed E-state index contributed by atoms with van der Waals surface area (Å²) in [6.45, 7) is 4.93. The standard InChI is InChI=1S/C35H51N2OS/c1-3-4-5-6-7-8-9-10-11-12-13-14-15-16-17-23-29-37-33-26-21-22-27-34(33)39-35(37)28-30-36(31(2)38)32-24-19-18-20-25-32/h18-22,24-28,30H,3-17,23,29H2,1-2H3/q+1. The van der Waals surface area contributed by atoms with E-state index in [0.717, 1.165) is 12.2 Å². The maximum absolute atomic E-state index is 12.3. The van der Waals surface area contributed by atoms with Gasteiger partial charge in [-0.25, -0.2) is 0 Å². The first-order valence-corrected chi connectivity index (χ1v) is 16.5. The van der Waals surface area contributed by atoms with Gasteiger partial charge in [0, 0.05) is 37.4 Å². The molecule has 0 atom stereocenters. The van der Waals surface area contributed by atoms with Gasteiger partial charge in [-0.05, 0) is 24.6 Å². The lowest BCUT2D eigenvalue weighted by Crippen LogP contribution is -2.35. The third kappa shape index (κ3) is 11.3. The second kappa shape index (κ2) is 18.8. The largest absolute Gasteiger partial charge is 0.288 e. The predicted octanol–water partition coefficient (Wildman–Crippen LogP) is 10.5. The van der Waals surface area contributed by atoms with Gasteiger partial charge in [0.25, 0.3) is 5.01 Å². The number of hydrogen-bond acceptors (Lipinski definition) is 2. The summed E-state index contributed by atoms with van der Waals surface area (Å²) in [6, 6.07) is 18.5. The summed E-state index contributed by atoms with van der Waals surface area (Å²) in [5.74, 6) is 0.0166. The normalized spacial score (nSPS) is 11.5. The number of unbranched alkanes of at least 4 members (excludes halogenated alkanes) is 15. The molecule has 0 aliphatic heterocycles. The molecule has 0 saturated heterocycles. The van der Waals surface area contributed by atoms with Gasteiger partial charge < -0.3 is 0 Å². The molecule has 0 bridgehead atoms. The molecule has 4 heteroatoms. The van der Waals surface area contributed by atoms with Gasteiger partial charge in [-0.3, -0.25) is 9.69 Å². The maximum atomic E-state index is 12.3. The molecule has 0 N–H and O–H groups in total. The van der Waals surface area contributed by atoms with Crippen LogP contribution in [0, 0.1) is 0 Å². The van der Waals surface area contributed by atoms with Gasteiger partial charge in [0.05, 0.1) is 0 Å². The van der Waals surface area contributed by atoms with Crippen molar-refractivity contribution in [2.75, 3.05) is 4.90 Å². The topological polar surface area (TPSA) is 24.2 Å². The van der Waals surface area contributed by atoms with Gasteiger partial charge in [0.1, 0.15) is 4.70 Å². The number of hydrogen-bond donors (Lipinski definition) is 0. The highest BCUT2D eigenvalue weighted by Gasteiger charge is 2.18. The van der Waals surface area contributed by atoms with Crippen LogP contribution in [0.15, 0.2) is 60.8 Å². The third-order valence-electron chi connectivity index (χ3n) is 7.61. The lowest BCUT2D eigenvalue weighted by molar-refractivity contribution is -0.669. The van der Waals surface area contributed by atoms with Crippen molar-refractivity contribution in [3.63, 3.8) is 0 Å². The monoisotopic (exact) mass is 547 g/mol. The second-order valence-corrected chi connectivity index (χ2v) is 12.0. The number of carbonyl (C=O) groups excluding carboxylic acids is 1. The van der Waals surface area contributed by atoms with Crippen molar-refractivity contribution in [3.8, 4) is 0 Å². The molecule has 212 valence electrons. The van der Waals surface area contributed by atoms with Crippen LogP contribution in [0.5, 0.6) is 0 Å². The van der Waals surface area contributed by atoms with Crippen LogP contribution in [0.1, 0.15) is 122 Å². The number of aromatic nitrogens is 1. The Morgan fingerprint density at radius 3 is 1.79 bits per heavy atom. The number of fused-ring (bicyclic) bond motifs is 1. The molecule has 0 unspecified atom stereocenters. The average molecular weight is 548 g/mol. The molecule has 39 heavy (non-hydrogen) atoms. The van der Waals surface area contributed by atoms with Gasteiger partial charge in [-0.2, -0.15) is 4.57 Å². The fourth-order valence-electron chi connectivity index (χ4n) is 5.33. The quantitative estimate of drug-likeness (QED) is 0.102. The van der Waals surface area contributed by atoms with Crippen LogP contribution in [0.2, 0.25) is 0 Å². The van der Waals surface area contributed by atoms with Crippen molar-refractivity contribution in [2.24, 2.45) is 0 Å². The van der Waals surface area contributed by atoms with Crippen LogP contribution in [0.3, 0.4) is 0 Å². The van der Waals surface area contributed by atoms with E-state index in [2.05, 4.69) is 41.8 Å². The summed E-state index contributed by atoms with van der Waals surface area (Å²) in [6.07, 6.45) is 26.3. The van der Waals surface area contributed by atoms with Crippen molar-refractivity contribution in [3.05, 3.63) is 65.8 Å². The molecule has 0 saturated carbocycles. The minimum absolute atomic E-state index is 0.0166. The summed E-state index contributed by atoms with van der Waals surface area (Å²) in [4.78, 5) is 14.1. The molecule has 1 amide bonds. The van der Waals surface area contributed by atoms with Crippen molar-refractivity contribution < 1.29 is 9.36 Å². The number of para-hydroxylation sites is 2. The lowest BCUT2D eigenvalue weighted by Gasteiger charge is -2.15. The highest BCUT2D eigenvalue weighted by Crippen LogP contribution is 2.23. The molecule has 1 heterocycles. The summed E-state index contributed by atoms with van der Waals surface area (Å²) in [5, 5.41) is 1.19. The Bertz CT molecular complexity index is 1100. The number of rotatable bonds is 20. The first-order chi connectivity index (χ1) is 19.2.